The van der Waals surface area contributed by atoms with Gasteiger partial charge in [0.2, 0.25) is 5.95 Å². The lowest BCUT2D eigenvalue weighted by Gasteiger charge is -2.36. The maximum absolute atomic E-state index is 4.52. The van der Waals surface area contributed by atoms with E-state index in [1.165, 1.54) is 0 Å². The molecule has 1 aliphatic heterocycles. The first-order valence-electron chi connectivity index (χ1n) is 7.01. The Morgan fingerprint density at radius 2 is 2.00 bits per heavy atom. The predicted molar refractivity (Wildman–Crippen MR) is 97.4 cm³/mol. The summed E-state index contributed by atoms with van der Waals surface area (Å²) in [5.41, 5.74) is 0. The summed E-state index contributed by atoms with van der Waals surface area (Å²) in [6.07, 6.45) is 5.38. The van der Waals surface area contributed by atoms with E-state index in [9.17, 15) is 0 Å². The van der Waals surface area contributed by atoms with E-state index < -0.39 is 0 Å². The van der Waals surface area contributed by atoms with Gasteiger partial charge in [0.25, 0.3) is 0 Å². The Morgan fingerprint density at radius 1 is 1.33 bits per heavy atom. The Hall–Kier alpha value is -1.38. The molecule has 0 unspecified atom stereocenters. The largest absolute Gasteiger partial charge is 0.357 e. The summed E-state index contributed by atoms with van der Waals surface area (Å²) in [6, 6.07) is 1.84. The van der Waals surface area contributed by atoms with Crippen molar-refractivity contribution in [3.63, 3.8) is 0 Å². The normalized spacial score (nSPS) is 15.4. The van der Waals surface area contributed by atoms with Crippen LogP contribution < -0.4 is 10.2 Å². The molecule has 1 aromatic rings. The lowest BCUT2D eigenvalue weighted by Crippen LogP contribution is -2.53. The van der Waals surface area contributed by atoms with Crippen molar-refractivity contribution < 1.29 is 0 Å². The molecule has 0 spiro atoms. The topological polar surface area (TPSA) is 56.7 Å². The molecule has 0 atom stereocenters. The lowest BCUT2D eigenvalue weighted by molar-refractivity contribution is 0.370. The molecule has 0 radical (unpaired) electrons. The second-order valence-corrected chi connectivity index (χ2v) is 4.51. The molecular formula is C14H23IN6. The number of anilines is 1. The third-order valence-corrected chi connectivity index (χ3v) is 3.12. The van der Waals surface area contributed by atoms with E-state index in [0.717, 1.165) is 44.6 Å². The van der Waals surface area contributed by atoms with Crippen molar-refractivity contribution in [1.29, 1.82) is 0 Å². The first-order valence-corrected chi connectivity index (χ1v) is 7.01. The number of hydrogen-bond acceptors (Lipinski definition) is 4. The molecule has 0 aromatic carbocycles. The van der Waals surface area contributed by atoms with E-state index in [1.54, 1.807) is 12.4 Å². The maximum atomic E-state index is 4.52. The molecule has 2 heterocycles. The molecule has 2 rings (SSSR count). The van der Waals surface area contributed by atoms with Crippen LogP contribution in [0.5, 0.6) is 0 Å². The van der Waals surface area contributed by atoms with Crippen LogP contribution >= 0.6 is 24.0 Å². The van der Waals surface area contributed by atoms with Crippen molar-refractivity contribution >= 4 is 35.9 Å². The Labute approximate surface area is 143 Å². The number of aromatic nitrogens is 2. The van der Waals surface area contributed by atoms with Crippen LogP contribution in [0.1, 0.15) is 6.92 Å². The Kier molecular flexibility index (Phi) is 8.03. The summed E-state index contributed by atoms with van der Waals surface area (Å²) in [4.78, 5) is 17.6. The zero-order chi connectivity index (χ0) is 14.2. The first kappa shape index (κ1) is 17.7. The Morgan fingerprint density at radius 3 is 2.57 bits per heavy atom. The van der Waals surface area contributed by atoms with Crippen molar-refractivity contribution in [2.75, 3.05) is 44.2 Å². The van der Waals surface area contributed by atoms with Gasteiger partial charge < -0.3 is 15.1 Å². The Balaban J connectivity index is 0.00000220. The SMILES string of the molecule is C=CCN=C(NCC)N1CCN(c2ncccn2)CC1.I. The lowest BCUT2D eigenvalue weighted by atomic mass is 10.3. The van der Waals surface area contributed by atoms with Crippen molar-refractivity contribution in [3.8, 4) is 0 Å². The van der Waals surface area contributed by atoms with Crippen molar-refractivity contribution in [3.05, 3.63) is 31.1 Å². The predicted octanol–water partition coefficient (Wildman–Crippen LogP) is 1.37. The van der Waals surface area contributed by atoms with E-state index in [-0.39, 0.29) is 24.0 Å². The molecule has 0 amide bonds. The van der Waals surface area contributed by atoms with Gasteiger partial charge in [-0.15, -0.1) is 30.6 Å². The van der Waals surface area contributed by atoms with Crippen LogP contribution in [-0.4, -0.2) is 60.1 Å². The zero-order valence-electron chi connectivity index (χ0n) is 12.4. The van der Waals surface area contributed by atoms with Crippen LogP contribution in [0.3, 0.4) is 0 Å². The van der Waals surface area contributed by atoms with Gasteiger partial charge in [0.05, 0.1) is 6.54 Å². The van der Waals surface area contributed by atoms with Crippen LogP contribution in [0.2, 0.25) is 0 Å². The summed E-state index contributed by atoms with van der Waals surface area (Å²) < 4.78 is 0. The van der Waals surface area contributed by atoms with E-state index in [4.69, 9.17) is 0 Å². The fraction of sp³-hybridized carbons (Fsp3) is 0.500. The minimum atomic E-state index is 0. The standard InChI is InChI=1S/C14H22N6.HI/c1-3-6-16-13(15-4-2)19-9-11-20(12-10-19)14-17-7-5-8-18-14;/h3,5,7-8H,1,4,6,9-12H2,2H3,(H,15,16);1H. The van der Waals surface area contributed by atoms with Gasteiger partial charge in [0.15, 0.2) is 5.96 Å². The number of hydrogen-bond donors (Lipinski definition) is 1. The van der Waals surface area contributed by atoms with Crippen molar-refractivity contribution in [1.82, 2.24) is 20.2 Å². The van der Waals surface area contributed by atoms with E-state index in [2.05, 4.69) is 43.6 Å². The highest BCUT2D eigenvalue weighted by atomic mass is 127. The monoisotopic (exact) mass is 402 g/mol. The minimum Gasteiger partial charge on any atom is -0.357 e. The van der Waals surface area contributed by atoms with Gasteiger partial charge in [0, 0.05) is 45.1 Å². The molecule has 0 bridgehead atoms. The van der Waals surface area contributed by atoms with Gasteiger partial charge in [-0.05, 0) is 13.0 Å². The molecule has 1 aliphatic rings. The Bertz CT molecular complexity index is 442. The highest BCUT2D eigenvalue weighted by molar-refractivity contribution is 14.0. The summed E-state index contributed by atoms with van der Waals surface area (Å²) in [5, 5.41) is 3.32. The van der Waals surface area contributed by atoms with Crippen LogP contribution in [0, 0.1) is 0 Å². The summed E-state index contributed by atoms with van der Waals surface area (Å²) in [5.74, 6) is 1.77. The summed E-state index contributed by atoms with van der Waals surface area (Å²) in [6.45, 7) is 11.0. The molecule has 1 N–H and O–H groups in total. The maximum Gasteiger partial charge on any atom is 0.225 e. The summed E-state index contributed by atoms with van der Waals surface area (Å²) >= 11 is 0. The van der Waals surface area contributed by atoms with Gasteiger partial charge in [-0.2, -0.15) is 0 Å². The van der Waals surface area contributed by atoms with Crippen LogP contribution in [-0.2, 0) is 0 Å². The fourth-order valence-electron chi connectivity index (χ4n) is 2.15. The third kappa shape index (κ3) is 5.14. The van der Waals surface area contributed by atoms with Gasteiger partial charge in [-0.3, -0.25) is 0 Å². The molecule has 0 saturated carbocycles. The second kappa shape index (κ2) is 9.54. The average Bonchev–Trinajstić information content (AvgIpc) is 2.52. The number of aliphatic imine (C=N–C) groups is 1. The zero-order valence-corrected chi connectivity index (χ0v) is 14.7. The average molecular weight is 402 g/mol. The van der Waals surface area contributed by atoms with Crippen molar-refractivity contribution in [2.45, 2.75) is 6.92 Å². The molecule has 0 aliphatic carbocycles. The van der Waals surface area contributed by atoms with E-state index in [0.29, 0.717) is 6.54 Å². The fourth-order valence-corrected chi connectivity index (χ4v) is 2.15. The molecule has 21 heavy (non-hydrogen) atoms. The molecule has 1 saturated heterocycles. The first-order chi connectivity index (χ1) is 9.85. The van der Waals surface area contributed by atoms with E-state index >= 15 is 0 Å². The van der Waals surface area contributed by atoms with E-state index in [1.807, 2.05) is 12.1 Å². The molecule has 1 aromatic heterocycles. The van der Waals surface area contributed by atoms with Gasteiger partial charge in [-0.1, -0.05) is 6.08 Å². The smallest absolute Gasteiger partial charge is 0.225 e. The van der Waals surface area contributed by atoms with Crippen molar-refractivity contribution in [2.24, 2.45) is 4.99 Å². The quantitative estimate of drug-likeness (QED) is 0.357. The molecule has 6 nitrogen and oxygen atoms in total. The van der Waals surface area contributed by atoms with Gasteiger partial charge >= 0.3 is 0 Å². The minimum absolute atomic E-state index is 0. The molecule has 116 valence electrons. The molecule has 7 heteroatoms. The third-order valence-electron chi connectivity index (χ3n) is 3.12. The number of piperazine rings is 1. The highest BCUT2D eigenvalue weighted by Gasteiger charge is 2.20. The highest BCUT2D eigenvalue weighted by Crippen LogP contribution is 2.09. The molecule has 1 fully saturated rings. The van der Waals surface area contributed by atoms with Crippen LogP contribution in [0.4, 0.5) is 5.95 Å². The van der Waals surface area contributed by atoms with Crippen LogP contribution in [0.15, 0.2) is 36.1 Å². The second-order valence-electron chi connectivity index (χ2n) is 4.51. The number of nitrogens with zero attached hydrogens (tertiary/aromatic N) is 5. The number of guanidine groups is 1. The number of rotatable bonds is 4. The van der Waals surface area contributed by atoms with Crippen LogP contribution in [0.25, 0.3) is 0 Å². The number of halogens is 1. The molecular weight excluding hydrogens is 379 g/mol. The van der Waals surface area contributed by atoms with Gasteiger partial charge in [-0.25, -0.2) is 15.0 Å². The number of nitrogens with one attached hydrogen (secondary N) is 1. The summed E-state index contributed by atoms with van der Waals surface area (Å²) in [7, 11) is 0. The van der Waals surface area contributed by atoms with Gasteiger partial charge in [0.1, 0.15) is 0 Å².